The van der Waals surface area contributed by atoms with Crippen LogP contribution in [0.25, 0.3) is 23.7 Å². The minimum absolute atomic E-state index is 0.0377. The Bertz CT molecular complexity index is 894. The maximum atomic E-state index is 12.9. The van der Waals surface area contributed by atoms with Crippen molar-refractivity contribution >= 4 is 12.3 Å². The van der Waals surface area contributed by atoms with Crippen molar-refractivity contribution in [2.45, 2.75) is 12.4 Å². The van der Waals surface area contributed by atoms with Crippen LogP contribution in [0.3, 0.4) is 0 Å². The van der Waals surface area contributed by atoms with E-state index in [0.717, 1.165) is 17.4 Å². The lowest BCUT2D eigenvalue weighted by Crippen LogP contribution is -2.11. The Morgan fingerprint density at radius 1 is 0.962 bits per heavy atom. The van der Waals surface area contributed by atoms with Gasteiger partial charge < -0.3 is 4.42 Å². The van der Waals surface area contributed by atoms with Gasteiger partial charge in [0.15, 0.2) is 5.82 Å². The first-order valence-electron chi connectivity index (χ1n) is 6.78. The molecular weight excluding hydrogens is 368 g/mol. The van der Waals surface area contributed by atoms with Gasteiger partial charge in [0, 0.05) is 17.8 Å². The van der Waals surface area contributed by atoms with E-state index >= 15 is 0 Å². The molecule has 0 amide bonds. The van der Waals surface area contributed by atoms with Gasteiger partial charge >= 0.3 is 12.4 Å². The molecule has 0 aliphatic rings. The van der Waals surface area contributed by atoms with Crippen molar-refractivity contribution in [1.82, 2.24) is 25.0 Å². The van der Waals surface area contributed by atoms with Gasteiger partial charge in [0.25, 0.3) is 0 Å². The van der Waals surface area contributed by atoms with Gasteiger partial charge in [-0.15, -0.1) is 15.3 Å². The summed E-state index contributed by atoms with van der Waals surface area (Å²) < 4.78 is 83.2. The lowest BCUT2D eigenvalue weighted by atomic mass is 10.0. The first-order valence-corrected chi connectivity index (χ1v) is 6.78. The second kappa shape index (κ2) is 6.28. The number of nitrogens with zero attached hydrogens (tertiary/aromatic N) is 5. The molecule has 0 saturated carbocycles. The van der Waals surface area contributed by atoms with Crippen LogP contribution < -0.4 is 0 Å². The molecule has 26 heavy (non-hydrogen) atoms. The highest BCUT2D eigenvalue weighted by Gasteiger charge is 2.37. The normalized spacial score (nSPS) is 12.8. The van der Waals surface area contributed by atoms with E-state index in [0.29, 0.717) is 12.1 Å². The molecule has 12 heteroatoms. The summed E-state index contributed by atoms with van der Waals surface area (Å²) in [5.74, 6) is -0.183. The summed E-state index contributed by atoms with van der Waals surface area (Å²) in [6, 6.07) is 1.14. The molecule has 0 aliphatic carbocycles. The molecule has 1 aromatic carbocycles. The van der Waals surface area contributed by atoms with Crippen LogP contribution in [-0.4, -0.2) is 25.0 Å². The van der Waals surface area contributed by atoms with Crippen LogP contribution >= 0.6 is 0 Å². The van der Waals surface area contributed by atoms with E-state index < -0.39 is 29.0 Å². The minimum Gasteiger partial charge on any atom is -0.424 e. The molecule has 2 heterocycles. The van der Waals surface area contributed by atoms with Gasteiger partial charge in [-0.1, -0.05) is 0 Å². The third-order valence-corrected chi connectivity index (χ3v) is 3.10. The van der Waals surface area contributed by atoms with Crippen molar-refractivity contribution in [2.75, 3.05) is 0 Å². The second-order valence-corrected chi connectivity index (χ2v) is 4.94. The second-order valence-electron chi connectivity index (χ2n) is 4.94. The topological polar surface area (TPSA) is 69.6 Å². The largest absolute Gasteiger partial charge is 0.424 e. The highest BCUT2D eigenvalue weighted by atomic mass is 19.4. The Hall–Kier alpha value is -3.18. The highest BCUT2D eigenvalue weighted by Crippen LogP contribution is 2.37. The van der Waals surface area contributed by atoms with Crippen LogP contribution in [-0.2, 0) is 12.4 Å². The predicted molar refractivity (Wildman–Crippen MR) is 75.0 cm³/mol. The summed E-state index contributed by atoms with van der Waals surface area (Å²) in [4.78, 5) is 3.73. The van der Waals surface area contributed by atoms with E-state index in [1.165, 1.54) is 12.3 Å². The Labute approximate surface area is 140 Å². The molecule has 0 unspecified atom stereocenters. The monoisotopic (exact) mass is 375 g/mol. The lowest BCUT2D eigenvalue weighted by molar-refractivity contribution is -0.143. The van der Waals surface area contributed by atoms with Crippen LogP contribution in [0.5, 0.6) is 0 Å². The number of aromatic nitrogens is 5. The third kappa shape index (κ3) is 3.90. The summed E-state index contributed by atoms with van der Waals surface area (Å²) in [5.41, 5.74) is -3.31. The molecule has 0 N–H and O–H groups in total. The Balaban J connectivity index is 1.98. The van der Waals surface area contributed by atoms with E-state index in [-0.39, 0.29) is 17.8 Å². The molecular formula is C14H7F6N5O. The van der Waals surface area contributed by atoms with Gasteiger partial charge in [0.1, 0.15) is 6.33 Å². The Morgan fingerprint density at radius 2 is 1.62 bits per heavy atom. The Morgan fingerprint density at radius 3 is 2.15 bits per heavy atom. The zero-order valence-electron chi connectivity index (χ0n) is 12.5. The van der Waals surface area contributed by atoms with Crippen molar-refractivity contribution in [3.05, 3.63) is 47.9 Å². The minimum atomic E-state index is -4.95. The maximum absolute atomic E-state index is 12.9. The molecule has 3 aromatic rings. The zero-order chi connectivity index (χ0) is 18.9. The van der Waals surface area contributed by atoms with Crippen molar-refractivity contribution in [3.63, 3.8) is 0 Å². The van der Waals surface area contributed by atoms with E-state index in [1.807, 2.05) is 0 Å². The Kier molecular flexibility index (Phi) is 4.26. The molecule has 0 aliphatic heterocycles. The molecule has 0 spiro atoms. The number of halogens is 6. The molecule has 2 aromatic heterocycles. The molecule has 0 saturated heterocycles. The van der Waals surface area contributed by atoms with Crippen LogP contribution in [0.4, 0.5) is 26.3 Å². The summed E-state index contributed by atoms with van der Waals surface area (Å²) in [6.45, 7) is 0. The average molecular weight is 375 g/mol. The molecule has 0 bridgehead atoms. The van der Waals surface area contributed by atoms with Crippen molar-refractivity contribution in [3.8, 4) is 11.4 Å². The standard InChI is InChI=1S/C14H7F6N5O/c15-13(16,17)9-3-8(4-10(5-9)14(18,19)20)12-21-6-25(24-12)2-1-11-23-22-7-26-11/h1-7H/b2-1-. The first-order chi connectivity index (χ1) is 12.1. The van der Waals surface area contributed by atoms with Gasteiger partial charge in [-0.2, -0.15) is 26.3 Å². The smallest absolute Gasteiger partial charge is 0.416 e. The maximum Gasteiger partial charge on any atom is 0.416 e. The van der Waals surface area contributed by atoms with Gasteiger partial charge in [-0.05, 0) is 18.2 Å². The molecule has 6 nitrogen and oxygen atoms in total. The molecule has 0 radical (unpaired) electrons. The number of benzene rings is 1. The van der Waals surface area contributed by atoms with Crippen LogP contribution in [0.2, 0.25) is 0 Å². The van der Waals surface area contributed by atoms with Crippen molar-refractivity contribution in [2.24, 2.45) is 0 Å². The fourth-order valence-electron chi connectivity index (χ4n) is 1.96. The van der Waals surface area contributed by atoms with E-state index in [1.54, 1.807) is 0 Å². The van der Waals surface area contributed by atoms with Gasteiger partial charge in [-0.25, -0.2) is 9.67 Å². The fourth-order valence-corrected chi connectivity index (χ4v) is 1.96. The van der Waals surface area contributed by atoms with Gasteiger partial charge in [-0.3, -0.25) is 0 Å². The van der Waals surface area contributed by atoms with E-state index in [9.17, 15) is 26.3 Å². The van der Waals surface area contributed by atoms with Crippen molar-refractivity contribution < 1.29 is 30.8 Å². The van der Waals surface area contributed by atoms with Crippen molar-refractivity contribution in [1.29, 1.82) is 0 Å². The van der Waals surface area contributed by atoms with Crippen LogP contribution in [0.1, 0.15) is 17.0 Å². The summed E-state index contributed by atoms with van der Waals surface area (Å²) in [6.07, 6.45) is -5.09. The SMILES string of the molecule is FC(F)(F)c1cc(-c2ncn(/C=C\c3nnco3)n2)cc(C(F)(F)F)c1. The third-order valence-electron chi connectivity index (χ3n) is 3.10. The lowest BCUT2D eigenvalue weighted by Gasteiger charge is -2.13. The molecule has 3 rings (SSSR count). The summed E-state index contributed by atoms with van der Waals surface area (Å²) in [5, 5.41) is 10.8. The average Bonchev–Trinajstić information content (AvgIpc) is 3.22. The number of rotatable bonds is 3. The number of hydrogen-bond acceptors (Lipinski definition) is 5. The van der Waals surface area contributed by atoms with Gasteiger partial charge in [0.05, 0.1) is 11.1 Å². The van der Waals surface area contributed by atoms with E-state index in [2.05, 4.69) is 20.3 Å². The zero-order valence-corrected chi connectivity index (χ0v) is 12.5. The first kappa shape index (κ1) is 17.6. The van der Waals surface area contributed by atoms with Gasteiger partial charge in [0.2, 0.25) is 12.3 Å². The number of hydrogen-bond donors (Lipinski definition) is 0. The molecule has 0 fully saturated rings. The van der Waals surface area contributed by atoms with E-state index in [4.69, 9.17) is 4.42 Å². The van der Waals surface area contributed by atoms with Crippen LogP contribution in [0, 0.1) is 0 Å². The molecule has 0 atom stereocenters. The number of alkyl halides is 6. The highest BCUT2D eigenvalue weighted by molar-refractivity contribution is 5.59. The molecule has 136 valence electrons. The van der Waals surface area contributed by atoms with Crippen LogP contribution in [0.15, 0.2) is 35.3 Å². The fraction of sp³-hybridized carbons (Fsp3) is 0.143. The quantitative estimate of drug-likeness (QED) is 0.648. The predicted octanol–water partition coefficient (Wildman–Crippen LogP) is 3.99. The summed E-state index contributed by atoms with van der Waals surface area (Å²) >= 11 is 0. The summed E-state index contributed by atoms with van der Waals surface area (Å²) in [7, 11) is 0.